The summed E-state index contributed by atoms with van der Waals surface area (Å²) in [7, 11) is 0. The molecule has 0 atom stereocenters. The molecule has 0 fully saturated rings. The van der Waals surface area contributed by atoms with Crippen molar-refractivity contribution in [3.05, 3.63) is 35.9 Å². The Kier molecular flexibility index (Phi) is 11.8. The molecule has 1 aromatic carbocycles. The Hall–Kier alpha value is -1.59. The molecule has 5 heteroatoms. The number of nitrogens with zero attached hydrogens (tertiary/aromatic N) is 1. The highest BCUT2D eigenvalue weighted by molar-refractivity contribution is 5.67. The first-order valence-corrected chi connectivity index (χ1v) is 10.3. The van der Waals surface area contributed by atoms with Crippen LogP contribution < -0.4 is 11.1 Å². The van der Waals surface area contributed by atoms with Gasteiger partial charge < -0.3 is 15.8 Å². The molecule has 1 amide bonds. The average Bonchev–Trinajstić information content (AvgIpc) is 2.60. The minimum absolute atomic E-state index is 0.326. The highest BCUT2D eigenvalue weighted by Crippen LogP contribution is 2.09. The molecule has 0 aliphatic heterocycles. The first-order chi connectivity index (χ1) is 12.9. The van der Waals surface area contributed by atoms with Crippen LogP contribution in [0.25, 0.3) is 0 Å². The van der Waals surface area contributed by atoms with Gasteiger partial charge in [0.05, 0.1) is 0 Å². The summed E-state index contributed by atoms with van der Waals surface area (Å²) >= 11 is 0. The fourth-order valence-corrected chi connectivity index (χ4v) is 2.91. The third-order valence-corrected chi connectivity index (χ3v) is 4.25. The van der Waals surface area contributed by atoms with Gasteiger partial charge >= 0.3 is 6.09 Å². The van der Waals surface area contributed by atoms with Gasteiger partial charge in [-0.25, -0.2) is 4.79 Å². The summed E-state index contributed by atoms with van der Waals surface area (Å²) < 4.78 is 5.25. The van der Waals surface area contributed by atoms with Crippen molar-refractivity contribution in [1.29, 1.82) is 0 Å². The van der Waals surface area contributed by atoms with E-state index in [0.717, 1.165) is 51.9 Å². The number of unbranched alkanes of at least 4 members (excludes halogenated alkanes) is 4. The van der Waals surface area contributed by atoms with E-state index in [1.807, 2.05) is 20.8 Å². The lowest BCUT2D eigenvalue weighted by Gasteiger charge is -2.22. The van der Waals surface area contributed by atoms with E-state index in [2.05, 4.69) is 40.5 Å². The highest BCUT2D eigenvalue weighted by atomic mass is 16.6. The van der Waals surface area contributed by atoms with Crippen LogP contribution >= 0.6 is 0 Å². The molecule has 0 aliphatic carbocycles. The van der Waals surface area contributed by atoms with E-state index in [1.54, 1.807) is 0 Å². The van der Waals surface area contributed by atoms with Crippen LogP contribution in [0.1, 0.15) is 64.9 Å². The molecule has 154 valence electrons. The number of nitrogens with two attached hydrogens (primary N) is 1. The molecule has 0 aromatic heterocycles. The lowest BCUT2D eigenvalue weighted by atomic mass is 10.1. The molecule has 5 nitrogen and oxygen atoms in total. The standard InChI is InChI=1S/C22H39N3O2/c1-22(2,3)27-21(26)24-16-10-6-12-18-25(17-11-5-9-15-23)19-20-13-7-4-8-14-20/h4,7-8,13-14H,5-6,9-12,15-19,23H2,1-3H3,(H,24,26). The van der Waals surface area contributed by atoms with Crippen LogP contribution in [0.5, 0.6) is 0 Å². The highest BCUT2D eigenvalue weighted by Gasteiger charge is 2.15. The Labute approximate surface area is 165 Å². The summed E-state index contributed by atoms with van der Waals surface area (Å²) in [5, 5.41) is 2.83. The first-order valence-electron chi connectivity index (χ1n) is 10.3. The van der Waals surface area contributed by atoms with Crippen molar-refractivity contribution in [3.63, 3.8) is 0 Å². The van der Waals surface area contributed by atoms with E-state index in [0.29, 0.717) is 6.54 Å². The topological polar surface area (TPSA) is 67.6 Å². The number of nitrogens with one attached hydrogen (secondary N) is 1. The molecular weight excluding hydrogens is 338 g/mol. The van der Waals surface area contributed by atoms with Gasteiger partial charge in [-0.2, -0.15) is 0 Å². The van der Waals surface area contributed by atoms with Crippen molar-refractivity contribution in [3.8, 4) is 0 Å². The second kappa shape index (κ2) is 13.6. The summed E-state index contributed by atoms with van der Waals surface area (Å²) in [6, 6.07) is 10.6. The first kappa shape index (κ1) is 23.4. The summed E-state index contributed by atoms with van der Waals surface area (Å²) in [6.45, 7) is 10.3. The Morgan fingerprint density at radius 3 is 2.22 bits per heavy atom. The van der Waals surface area contributed by atoms with Gasteiger partial charge in [0.25, 0.3) is 0 Å². The zero-order valence-corrected chi connectivity index (χ0v) is 17.5. The molecule has 0 aliphatic rings. The van der Waals surface area contributed by atoms with Crippen molar-refractivity contribution in [1.82, 2.24) is 10.2 Å². The fourth-order valence-electron chi connectivity index (χ4n) is 2.91. The van der Waals surface area contributed by atoms with Gasteiger partial charge in [-0.05, 0) is 71.7 Å². The van der Waals surface area contributed by atoms with E-state index >= 15 is 0 Å². The molecule has 0 unspecified atom stereocenters. The Morgan fingerprint density at radius 2 is 1.63 bits per heavy atom. The second-order valence-electron chi connectivity index (χ2n) is 8.10. The average molecular weight is 378 g/mol. The molecule has 0 saturated carbocycles. The minimum atomic E-state index is -0.439. The molecule has 0 radical (unpaired) electrons. The molecule has 0 saturated heterocycles. The number of carbonyl (C=O) groups excluding carboxylic acids is 1. The molecule has 1 rings (SSSR count). The molecule has 0 heterocycles. The van der Waals surface area contributed by atoms with E-state index in [1.165, 1.54) is 18.4 Å². The van der Waals surface area contributed by atoms with E-state index in [-0.39, 0.29) is 6.09 Å². The number of carbonyl (C=O) groups is 1. The number of benzene rings is 1. The third kappa shape index (κ3) is 13.3. The van der Waals surface area contributed by atoms with E-state index < -0.39 is 5.60 Å². The van der Waals surface area contributed by atoms with Gasteiger partial charge in [-0.1, -0.05) is 43.2 Å². The second-order valence-corrected chi connectivity index (χ2v) is 8.10. The van der Waals surface area contributed by atoms with Gasteiger partial charge in [-0.3, -0.25) is 4.90 Å². The Morgan fingerprint density at radius 1 is 1.00 bits per heavy atom. The van der Waals surface area contributed by atoms with Crippen LogP contribution in [0.2, 0.25) is 0 Å². The third-order valence-electron chi connectivity index (χ3n) is 4.25. The minimum Gasteiger partial charge on any atom is -0.444 e. The maximum absolute atomic E-state index is 11.6. The predicted octanol–water partition coefficient (Wildman–Crippen LogP) is 4.31. The molecule has 0 bridgehead atoms. The number of rotatable bonds is 13. The molecule has 1 aromatic rings. The molecular formula is C22H39N3O2. The van der Waals surface area contributed by atoms with Gasteiger partial charge in [-0.15, -0.1) is 0 Å². The van der Waals surface area contributed by atoms with Crippen molar-refractivity contribution >= 4 is 6.09 Å². The lowest BCUT2D eigenvalue weighted by Crippen LogP contribution is -2.33. The van der Waals surface area contributed by atoms with Crippen LogP contribution in [0.15, 0.2) is 30.3 Å². The fraction of sp³-hybridized carbons (Fsp3) is 0.682. The maximum Gasteiger partial charge on any atom is 0.407 e. The van der Waals surface area contributed by atoms with Crippen LogP contribution in [0.4, 0.5) is 4.79 Å². The van der Waals surface area contributed by atoms with Crippen molar-refractivity contribution < 1.29 is 9.53 Å². The maximum atomic E-state index is 11.6. The number of hydrogen-bond donors (Lipinski definition) is 2. The zero-order valence-electron chi connectivity index (χ0n) is 17.5. The quantitative estimate of drug-likeness (QED) is 0.503. The van der Waals surface area contributed by atoms with Gasteiger partial charge in [0.1, 0.15) is 5.60 Å². The number of ether oxygens (including phenoxy) is 1. The SMILES string of the molecule is CC(C)(C)OC(=O)NCCCCCN(CCCCCN)Cc1ccccc1. The summed E-state index contributed by atoms with van der Waals surface area (Å²) in [5.41, 5.74) is 6.52. The molecule has 0 spiro atoms. The summed E-state index contributed by atoms with van der Waals surface area (Å²) in [5.74, 6) is 0. The van der Waals surface area contributed by atoms with Crippen LogP contribution in [-0.2, 0) is 11.3 Å². The van der Waals surface area contributed by atoms with Crippen LogP contribution in [0.3, 0.4) is 0 Å². The van der Waals surface area contributed by atoms with Gasteiger partial charge in [0.15, 0.2) is 0 Å². The smallest absolute Gasteiger partial charge is 0.407 e. The normalized spacial score (nSPS) is 11.6. The number of hydrogen-bond acceptors (Lipinski definition) is 4. The van der Waals surface area contributed by atoms with Crippen molar-refractivity contribution in [2.75, 3.05) is 26.2 Å². The van der Waals surface area contributed by atoms with E-state index in [4.69, 9.17) is 10.5 Å². The monoisotopic (exact) mass is 377 g/mol. The molecule has 3 N–H and O–H groups in total. The largest absolute Gasteiger partial charge is 0.444 e. The lowest BCUT2D eigenvalue weighted by molar-refractivity contribution is 0.0527. The van der Waals surface area contributed by atoms with Crippen molar-refractivity contribution in [2.24, 2.45) is 5.73 Å². The predicted molar refractivity (Wildman–Crippen MR) is 113 cm³/mol. The number of amides is 1. The van der Waals surface area contributed by atoms with Crippen LogP contribution in [-0.4, -0.2) is 42.8 Å². The molecule has 27 heavy (non-hydrogen) atoms. The van der Waals surface area contributed by atoms with Gasteiger partial charge in [0.2, 0.25) is 0 Å². The zero-order chi connectivity index (χ0) is 20.0. The van der Waals surface area contributed by atoms with Gasteiger partial charge in [0, 0.05) is 13.1 Å². The summed E-state index contributed by atoms with van der Waals surface area (Å²) in [6.07, 6.45) is 6.39. The Balaban J connectivity index is 2.24. The Bertz CT molecular complexity index is 500. The number of alkyl carbamates (subject to hydrolysis) is 1. The van der Waals surface area contributed by atoms with E-state index in [9.17, 15) is 4.79 Å². The van der Waals surface area contributed by atoms with Crippen molar-refractivity contribution in [2.45, 2.75) is 71.4 Å². The van der Waals surface area contributed by atoms with Crippen LogP contribution in [0, 0.1) is 0 Å². The summed E-state index contributed by atoms with van der Waals surface area (Å²) in [4.78, 5) is 14.2.